The highest BCUT2D eigenvalue weighted by atomic mass is 16.3. The fourth-order valence-electron chi connectivity index (χ4n) is 1.41. The van der Waals surface area contributed by atoms with Crippen LogP contribution in [-0.4, -0.2) is 11.2 Å². The number of aliphatic hydroxyl groups excluding tert-OH is 1. The molecule has 0 aromatic rings. The molecule has 9 heavy (non-hydrogen) atoms. The van der Waals surface area contributed by atoms with Crippen molar-refractivity contribution >= 4 is 0 Å². The number of hydrogen-bond donors (Lipinski definition) is 1. The molecule has 0 saturated heterocycles. The lowest BCUT2D eigenvalue weighted by atomic mass is 9.87. The Kier molecular flexibility index (Phi) is 2.29. The van der Waals surface area contributed by atoms with Crippen LogP contribution < -0.4 is 0 Å². The quantitative estimate of drug-likeness (QED) is 0.530. The molecule has 1 heteroatoms. The predicted molar refractivity (Wildman–Crippen MR) is 38.2 cm³/mol. The van der Waals surface area contributed by atoms with E-state index in [1.807, 2.05) is 6.08 Å². The van der Waals surface area contributed by atoms with Gasteiger partial charge in [-0.3, -0.25) is 0 Å². The molecule has 0 aliphatic heterocycles. The van der Waals surface area contributed by atoms with Gasteiger partial charge in [-0.2, -0.15) is 0 Å². The molecular formula is C8H14O. The Bertz CT molecular complexity index is 98.7. The molecule has 1 nitrogen and oxygen atoms in total. The second-order valence-corrected chi connectivity index (χ2v) is 2.82. The predicted octanol–water partition coefficient (Wildman–Crippen LogP) is 1.72. The molecule has 0 unspecified atom stereocenters. The molecule has 1 N–H and O–H groups in total. The Hall–Kier alpha value is -0.300. The molecule has 2 atom stereocenters. The Balaban J connectivity index is 2.31. The molecule has 0 radical (unpaired) electrons. The molecule has 0 spiro atoms. The molecule has 0 aromatic carbocycles. The largest absolute Gasteiger partial charge is 0.393 e. The maximum atomic E-state index is 9.16. The summed E-state index contributed by atoms with van der Waals surface area (Å²) in [6.07, 6.45) is 6.22. The second kappa shape index (κ2) is 3.02. The molecular weight excluding hydrogens is 112 g/mol. The van der Waals surface area contributed by atoms with Crippen LogP contribution in [0.2, 0.25) is 0 Å². The van der Waals surface area contributed by atoms with E-state index in [0.29, 0.717) is 5.92 Å². The van der Waals surface area contributed by atoms with E-state index >= 15 is 0 Å². The normalized spacial score (nSPS) is 36.1. The molecule has 1 rings (SSSR count). The van der Waals surface area contributed by atoms with Crippen LogP contribution in [0.25, 0.3) is 0 Å². The molecule has 1 saturated carbocycles. The van der Waals surface area contributed by atoms with Crippen LogP contribution in [0, 0.1) is 5.92 Å². The van der Waals surface area contributed by atoms with Crippen LogP contribution in [0.15, 0.2) is 12.7 Å². The van der Waals surface area contributed by atoms with Crippen molar-refractivity contribution in [3.05, 3.63) is 12.7 Å². The van der Waals surface area contributed by atoms with Crippen molar-refractivity contribution in [2.45, 2.75) is 31.8 Å². The summed E-state index contributed by atoms with van der Waals surface area (Å²) in [5, 5.41) is 9.16. The van der Waals surface area contributed by atoms with E-state index in [2.05, 4.69) is 6.58 Å². The van der Waals surface area contributed by atoms with Crippen molar-refractivity contribution in [1.29, 1.82) is 0 Å². The van der Waals surface area contributed by atoms with E-state index in [0.717, 1.165) is 19.3 Å². The Morgan fingerprint density at radius 3 is 2.67 bits per heavy atom. The Morgan fingerprint density at radius 1 is 1.44 bits per heavy atom. The van der Waals surface area contributed by atoms with E-state index in [1.54, 1.807) is 0 Å². The highest BCUT2D eigenvalue weighted by Crippen LogP contribution is 2.24. The van der Waals surface area contributed by atoms with Gasteiger partial charge < -0.3 is 5.11 Å². The molecule has 0 heterocycles. The molecule has 0 bridgehead atoms. The fourth-order valence-corrected chi connectivity index (χ4v) is 1.41. The van der Waals surface area contributed by atoms with Gasteiger partial charge in [0.1, 0.15) is 0 Å². The molecule has 0 aromatic heterocycles. The minimum atomic E-state index is -0.0539. The zero-order chi connectivity index (χ0) is 6.69. The third-order valence-electron chi connectivity index (χ3n) is 2.02. The van der Waals surface area contributed by atoms with Gasteiger partial charge in [-0.1, -0.05) is 12.5 Å². The van der Waals surface area contributed by atoms with Crippen LogP contribution in [0.5, 0.6) is 0 Å². The summed E-state index contributed by atoms with van der Waals surface area (Å²) in [4.78, 5) is 0. The first kappa shape index (κ1) is 6.81. The van der Waals surface area contributed by atoms with Gasteiger partial charge in [0.2, 0.25) is 0 Å². The third kappa shape index (κ3) is 1.83. The number of rotatable bonds is 1. The average Bonchev–Trinajstić information content (AvgIpc) is 1.88. The lowest BCUT2D eigenvalue weighted by Gasteiger charge is -2.22. The lowest BCUT2D eigenvalue weighted by Crippen LogP contribution is -2.17. The van der Waals surface area contributed by atoms with Crippen molar-refractivity contribution in [3.8, 4) is 0 Å². The van der Waals surface area contributed by atoms with Gasteiger partial charge in [-0.15, -0.1) is 6.58 Å². The third-order valence-corrected chi connectivity index (χ3v) is 2.02. The fraction of sp³-hybridized carbons (Fsp3) is 0.750. The van der Waals surface area contributed by atoms with E-state index in [9.17, 15) is 0 Å². The molecule has 52 valence electrons. The van der Waals surface area contributed by atoms with E-state index < -0.39 is 0 Å². The Labute approximate surface area is 56.4 Å². The van der Waals surface area contributed by atoms with Crippen LogP contribution in [0.4, 0.5) is 0 Å². The minimum Gasteiger partial charge on any atom is -0.393 e. The van der Waals surface area contributed by atoms with Crippen LogP contribution >= 0.6 is 0 Å². The van der Waals surface area contributed by atoms with Crippen molar-refractivity contribution in [1.82, 2.24) is 0 Å². The van der Waals surface area contributed by atoms with E-state index in [4.69, 9.17) is 5.11 Å². The van der Waals surface area contributed by atoms with Gasteiger partial charge >= 0.3 is 0 Å². The van der Waals surface area contributed by atoms with Crippen molar-refractivity contribution in [2.24, 2.45) is 5.92 Å². The van der Waals surface area contributed by atoms with Crippen molar-refractivity contribution in [3.63, 3.8) is 0 Å². The zero-order valence-corrected chi connectivity index (χ0v) is 5.71. The summed E-state index contributed by atoms with van der Waals surface area (Å²) >= 11 is 0. The monoisotopic (exact) mass is 126 g/mol. The summed E-state index contributed by atoms with van der Waals surface area (Å²) in [7, 11) is 0. The van der Waals surface area contributed by atoms with E-state index in [1.165, 1.54) is 6.42 Å². The van der Waals surface area contributed by atoms with Crippen LogP contribution in [0.1, 0.15) is 25.7 Å². The van der Waals surface area contributed by atoms with Gasteiger partial charge in [0.15, 0.2) is 0 Å². The zero-order valence-electron chi connectivity index (χ0n) is 5.71. The molecule has 0 amide bonds. The van der Waals surface area contributed by atoms with Crippen LogP contribution in [0.3, 0.4) is 0 Å². The molecule has 1 aliphatic rings. The minimum absolute atomic E-state index is 0.0539. The summed E-state index contributed by atoms with van der Waals surface area (Å²) < 4.78 is 0. The SMILES string of the molecule is C=C[C@H]1CCC[C@@H](O)C1. The lowest BCUT2D eigenvalue weighted by molar-refractivity contribution is 0.113. The van der Waals surface area contributed by atoms with Gasteiger partial charge in [0.25, 0.3) is 0 Å². The van der Waals surface area contributed by atoms with E-state index in [-0.39, 0.29) is 6.10 Å². The first-order valence-electron chi connectivity index (χ1n) is 3.63. The number of hydrogen-bond acceptors (Lipinski definition) is 1. The standard InChI is InChI=1S/C8H14O/c1-2-7-4-3-5-8(9)6-7/h2,7-9H,1,3-6H2/t7-,8+/m0/s1. The molecule has 1 aliphatic carbocycles. The van der Waals surface area contributed by atoms with Crippen LogP contribution in [-0.2, 0) is 0 Å². The highest BCUT2D eigenvalue weighted by Gasteiger charge is 2.16. The summed E-state index contributed by atoms with van der Waals surface area (Å²) in [6.45, 7) is 3.71. The number of allylic oxidation sites excluding steroid dienone is 1. The summed E-state index contributed by atoms with van der Waals surface area (Å²) in [6, 6.07) is 0. The maximum absolute atomic E-state index is 9.16. The van der Waals surface area contributed by atoms with Gasteiger partial charge in [0.05, 0.1) is 6.10 Å². The topological polar surface area (TPSA) is 20.2 Å². The first-order valence-corrected chi connectivity index (χ1v) is 3.63. The van der Waals surface area contributed by atoms with Crippen molar-refractivity contribution < 1.29 is 5.11 Å². The van der Waals surface area contributed by atoms with Gasteiger partial charge in [0, 0.05) is 0 Å². The molecule has 1 fully saturated rings. The maximum Gasteiger partial charge on any atom is 0.0545 e. The second-order valence-electron chi connectivity index (χ2n) is 2.82. The summed E-state index contributed by atoms with van der Waals surface area (Å²) in [5.41, 5.74) is 0. The van der Waals surface area contributed by atoms with Crippen molar-refractivity contribution in [2.75, 3.05) is 0 Å². The summed E-state index contributed by atoms with van der Waals surface area (Å²) in [5.74, 6) is 0.578. The van der Waals surface area contributed by atoms with Gasteiger partial charge in [-0.05, 0) is 25.2 Å². The Morgan fingerprint density at radius 2 is 2.22 bits per heavy atom. The highest BCUT2D eigenvalue weighted by molar-refractivity contribution is 4.84. The smallest absolute Gasteiger partial charge is 0.0545 e. The average molecular weight is 126 g/mol. The number of aliphatic hydroxyl groups is 1. The van der Waals surface area contributed by atoms with Gasteiger partial charge in [-0.25, -0.2) is 0 Å². The first-order chi connectivity index (χ1) is 4.33.